The average molecular weight is 406 g/mol. The first-order valence-corrected chi connectivity index (χ1v) is 9.16. The number of phenols is 1. The third-order valence-electron chi connectivity index (χ3n) is 3.38. The van der Waals surface area contributed by atoms with E-state index in [1.54, 1.807) is 0 Å². The minimum Gasteiger partial charge on any atom is -0.506 e. The molecule has 1 aromatic heterocycles. The molecule has 26 heavy (non-hydrogen) atoms. The van der Waals surface area contributed by atoms with Crippen LogP contribution >= 0.6 is 34.5 Å². The number of benzene rings is 2. The molecule has 2 N–H and O–H groups in total. The Morgan fingerprint density at radius 2 is 2.04 bits per heavy atom. The highest BCUT2D eigenvalue weighted by molar-refractivity contribution is 7.10. The summed E-state index contributed by atoms with van der Waals surface area (Å²) in [7, 11) is 0. The number of hydrazone groups is 1. The van der Waals surface area contributed by atoms with Crippen molar-refractivity contribution in [2.45, 2.75) is 6.42 Å². The van der Waals surface area contributed by atoms with E-state index >= 15 is 0 Å². The number of carbonyl (C=O) groups excluding carboxylic acids is 1. The maximum Gasteiger partial charge on any atom is 0.246 e. The first-order chi connectivity index (χ1) is 12.5. The summed E-state index contributed by atoms with van der Waals surface area (Å²) in [6, 6.07) is 12.7. The van der Waals surface area contributed by atoms with Crippen LogP contribution in [0.3, 0.4) is 0 Å². The minimum absolute atomic E-state index is 0.108. The SMILES string of the molecule is O=C(Cc1nc(-c2ccccc2)cs1)N/N=C/c1cc(Cl)cc(Cl)c1O. The molecule has 132 valence electrons. The van der Waals surface area contributed by atoms with Crippen LogP contribution in [0.5, 0.6) is 5.75 Å². The molecule has 0 aliphatic rings. The maximum absolute atomic E-state index is 12.0. The lowest BCUT2D eigenvalue weighted by Crippen LogP contribution is -2.19. The molecule has 5 nitrogen and oxygen atoms in total. The Labute approximate surface area is 163 Å². The van der Waals surface area contributed by atoms with E-state index in [0.29, 0.717) is 15.6 Å². The Morgan fingerprint density at radius 3 is 2.81 bits per heavy atom. The van der Waals surface area contributed by atoms with Gasteiger partial charge in [0.25, 0.3) is 0 Å². The van der Waals surface area contributed by atoms with Gasteiger partial charge in [-0.2, -0.15) is 5.10 Å². The van der Waals surface area contributed by atoms with Crippen LogP contribution in [0.4, 0.5) is 0 Å². The second-order valence-corrected chi connectivity index (χ2v) is 7.07. The summed E-state index contributed by atoms with van der Waals surface area (Å²) in [6.07, 6.45) is 1.39. The number of amides is 1. The van der Waals surface area contributed by atoms with Gasteiger partial charge in [0.05, 0.1) is 23.4 Å². The van der Waals surface area contributed by atoms with Crippen molar-refractivity contribution < 1.29 is 9.90 Å². The largest absolute Gasteiger partial charge is 0.506 e. The van der Waals surface area contributed by atoms with E-state index in [9.17, 15) is 9.90 Å². The first-order valence-electron chi connectivity index (χ1n) is 7.52. The smallest absolute Gasteiger partial charge is 0.246 e. The summed E-state index contributed by atoms with van der Waals surface area (Å²) in [5.41, 5.74) is 4.54. The van der Waals surface area contributed by atoms with Crippen molar-refractivity contribution in [2.75, 3.05) is 0 Å². The van der Waals surface area contributed by atoms with Crippen LogP contribution in [0.1, 0.15) is 10.6 Å². The second kappa shape index (κ2) is 8.31. The quantitative estimate of drug-likeness (QED) is 0.484. The Hall–Kier alpha value is -2.41. The van der Waals surface area contributed by atoms with Crippen LogP contribution < -0.4 is 5.43 Å². The summed E-state index contributed by atoms with van der Waals surface area (Å²) < 4.78 is 0. The van der Waals surface area contributed by atoms with Gasteiger partial charge in [-0.05, 0) is 12.1 Å². The Kier molecular flexibility index (Phi) is 5.88. The third-order valence-corrected chi connectivity index (χ3v) is 4.74. The van der Waals surface area contributed by atoms with Crippen molar-refractivity contribution in [1.82, 2.24) is 10.4 Å². The molecule has 0 bridgehead atoms. The fraction of sp³-hybridized carbons (Fsp3) is 0.0556. The molecular weight excluding hydrogens is 393 g/mol. The number of hydrogen-bond donors (Lipinski definition) is 2. The average Bonchev–Trinajstić information content (AvgIpc) is 3.08. The van der Waals surface area contributed by atoms with Gasteiger partial charge in [0.2, 0.25) is 5.91 Å². The van der Waals surface area contributed by atoms with Crippen LogP contribution in [-0.2, 0) is 11.2 Å². The molecule has 2 aromatic carbocycles. The molecule has 0 radical (unpaired) electrons. The zero-order chi connectivity index (χ0) is 18.5. The number of phenolic OH excluding ortho intramolecular Hbond substituents is 1. The Balaban J connectivity index is 1.61. The van der Waals surface area contributed by atoms with E-state index < -0.39 is 0 Å². The number of aromatic nitrogens is 1. The molecule has 3 rings (SSSR count). The lowest BCUT2D eigenvalue weighted by Gasteiger charge is -2.02. The van der Waals surface area contributed by atoms with Gasteiger partial charge in [-0.15, -0.1) is 11.3 Å². The van der Waals surface area contributed by atoms with Gasteiger partial charge in [-0.1, -0.05) is 53.5 Å². The van der Waals surface area contributed by atoms with E-state index in [4.69, 9.17) is 23.2 Å². The van der Waals surface area contributed by atoms with Crippen molar-refractivity contribution in [3.8, 4) is 17.0 Å². The van der Waals surface area contributed by atoms with Crippen LogP contribution in [0, 0.1) is 0 Å². The molecule has 0 saturated heterocycles. The molecule has 3 aromatic rings. The molecule has 8 heteroatoms. The van der Waals surface area contributed by atoms with Crippen LogP contribution in [-0.4, -0.2) is 22.2 Å². The third kappa shape index (κ3) is 4.60. The van der Waals surface area contributed by atoms with E-state index in [-0.39, 0.29) is 23.1 Å². The van der Waals surface area contributed by atoms with Crippen molar-refractivity contribution >= 4 is 46.7 Å². The lowest BCUT2D eigenvalue weighted by atomic mass is 10.2. The zero-order valence-corrected chi connectivity index (χ0v) is 15.6. The minimum atomic E-state index is -0.317. The number of rotatable bonds is 5. The number of nitrogens with one attached hydrogen (secondary N) is 1. The lowest BCUT2D eigenvalue weighted by molar-refractivity contribution is -0.120. The van der Waals surface area contributed by atoms with Gasteiger partial charge in [-0.25, -0.2) is 10.4 Å². The molecule has 0 aliphatic carbocycles. The Bertz CT molecular complexity index is 958. The van der Waals surface area contributed by atoms with Gasteiger partial charge in [0.15, 0.2) is 0 Å². The van der Waals surface area contributed by atoms with E-state index in [1.807, 2.05) is 35.7 Å². The summed E-state index contributed by atoms with van der Waals surface area (Å²) in [6.45, 7) is 0. The van der Waals surface area contributed by atoms with E-state index in [2.05, 4.69) is 15.5 Å². The molecular formula is C18H13Cl2N3O2S. The molecule has 0 saturated carbocycles. The molecule has 1 amide bonds. The predicted octanol–water partition coefficient (Wildman–Crippen LogP) is 4.52. The fourth-order valence-electron chi connectivity index (χ4n) is 2.17. The van der Waals surface area contributed by atoms with Crippen molar-refractivity contribution in [3.63, 3.8) is 0 Å². The molecule has 0 unspecified atom stereocenters. The number of aromatic hydroxyl groups is 1. The van der Waals surface area contributed by atoms with Crippen molar-refractivity contribution in [2.24, 2.45) is 5.10 Å². The molecule has 0 aliphatic heterocycles. The molecule has 0 spiro atoms. The van der Waals surface area contributed by atoms with Gasteiger partial charge in [-0.3, -0.25) is 4.79 Å². The van der Waals surface area contributed by atoms with Gasteiger partial charge >= 0.3 is 0 Å². The molecule has 0 fully saturated rings. The van der Waals surface area contributed by atoms with Crippen molar-refractivity contribution in [3.05, 3.63) is 68.5 Å². The topological polar surface area (TPSA) is 74.6 Å². The molecule has 0 atom stereocenters. The monoisotopic (exact) mass is 405 g/mol. The highest BCUT2D eigenvalue weighted by Crippen LogP contribution is 2.30. The fourth-order valence-corrected chi connectivity index (χ4v) is 3.48. The standard InChI is InChI=1S/C18H13Cl2N3O2S/c19-13-6-12(18(25)14(20)7-13)9-21-23-16(24)8-17-22-15(10-26-17)11-4-2-1-3-5-11/h1-7,9-10,25H,8H2,(H,23,24)/b21-9+. The first kappa shape index (κ1) is 18.4. The maximum atomic E-state index is 12.0. The number of nitrogens with zero attached hydrogens (tertiary/aromatic N) is 2. The van der Waals surface area contributed by atoms with Crippen molar-refractivity contribution in [1.29, 1.82) is 0 Å². The Morgan fingerprint density at radius 1 is 1.27 bits per heavy atom. The number of halogens is 2. The van der Waals surface area contributed by atoms with E-state index in [0.717, 1.165) is 11.3 Å². The molecule has 1 heterocycles. The number of thiazole rings is 1. The van der Waals surface area contributed by atoms with Gasteiger partial charge < -0.3 is 5.11 Å². The zero-order valence-electron chi connectivity index (χ0n) is 13.3. The van der Waals surface area contributed by atoms with Crippen LogP contribution in [0.15, 0.2) is 52.9 Å². The summed E-state index contributed by atoms with van der Waals surface area (Å²) in [5.74, 6) is -0.468. The summed E-state index contributed by atoms with van der Waals surface area (Å²) in [5, 5.41) is 16.7. The van der Waals surface area contributed by atoms with Gasteiger partial charge in [0.1, 0.15) is 10.8 Å². The number of carbonyl (C=O) groups is 1. The highest BCUT2D eigenvalue weighted by atomic mass is 35.5. The second-order valence-electron chi connectivity index (χ2n) is 5.29. The highest BCUT2D eigenvalue weighted by Gasteiger charge is 2.09. The van der Waals surface area contributed by atoms with Crippen LogP contribution in [0.2, 0.25) is 10.0 Å². The van der Waals surface area contributed by atoms with Gasteiger partial charge in [0, 0.05) is 21.5 Å². The van der Waals surface area contributed by atoms with Crippen LogP contribution in [0.25, 0.3) is 11.3 Å². The normalized spacial score (nSPS) is 11.0. The summed E-state index contributed by atoms with van der Waals surface area (Å²) >= 11 is 13.1. The summed E-state index contributed by atoms with van der Waals surface area (Å²) in [4.78, 5) is 16.4. The number of hydrogen-bond acceptors (Lipinski definition) is 5. The predicted molar refractivity (Wildman–Crippen MR) is 105 cm³/mol. The van der Waals surface area contributed by atoms with E-state index in [1.165, 1.54) is 29.7 Å².